The molecule has 98 valence electrons. The Morgan fingerprint density at radius 3 is 3.00 bits per heavy atom. The van der Waals surface area contributed by atoms with Gasteiger partial charge in [-0.15, -0.1) is 0 Å². The van der Waals surface area contributed by atoms with Crippen LogP contribution in [0.3, 0.4) is 0 Å². The van der Waals surface area contributed by atoms with Crippen molar-refractivity contribution in [3.8, 4) is 0 Å². The van der Waals surface area contributed by atoms with Gasteiger partial charge in [0, 0.05) is 19.6 Å². The van der Waals surface area contributed by atoms with Crippen molar-refractivity contribution in [2.45, 2.75) is 18.9 Å². The van der Waals surface area contributed by atoms with E-state index in [4.69, 9.17) is 0 Å². The molecular weight excluding hydrogens is 294 g/mol. The molecule has 2 heterocycles. The molecule has 18 heavy (non-hydrogen) atoms. The maximum Gasteiger partial charge on any atom is 0.272 e. The molecule has 1 amide bonds. The maximum atomic E-state index is 12.2. The van der Waals surface area contributed by atoms with Gasteiger partial charge in [-0.25, -0.2) is 4.98 Å². The minimum absolute atomic E-state index is 0.0170. The van der Waals surface area contributed by atoms with E-state index in [1.54, 1.807) is 11.0 Å². The fourth-order valence-corrected chi connectivity index (χ4v) is 2.68. The lowest BCUT2D eigenvalue weighted by molar-refractivity contribution is 0.0755. The lowest BCUT2D eigenvalue weighted by Crippen LogP contribution is -2.39. The highest BCUT2D eigenvalue weighted by Gasteiger charge is 2.24. The summed E-state index contributed by atoms with van der Waals surface area (Å²) in [5, 5.41) is 0. The SMILES string of the molecule is CN(CC1CCCN1C)C(=O)c1cccc(Br)n1. The summed E-state index contributed by atoms with van der Waals surface area (Å²) in [5.74, 6) is -0.0170. The summed E-state index contributed by atoms with van der Waals surface area (Å²) in [6.07, 6.45) is 2.39. The second-order valence-corrected chi connectivity index (χ2v) is 5.62. The summed E-state index contributed by atoms with van der Waals surface area (Å²) in [6.45, 7) is 1.89. The number of nitrogens with zero attached hydrogens (tertiary/aromatic N) is 3. The summed E-state index contributed by atoms with van der Waals surface area (Å²) in [6, 6.07) is 5.88. The van der Waals surface area contributed by atoms with Crippen LogP contribution in [0, 0.1) is 0 Å². The Balaban J connectivity index is 2.00. The van der Waals surface area contributed by atoms with E-state index in [0.717, 1.165) is 13.1 Å². The third-order valence-electron chi connectivity index (χ3n) is 3.44. The molecule has 1 unspecified atom stereocenters. The van der Waals surface area contributed by atoms with E-state index >= 15 is 0 Å². The number of halogens is 1. The van der Waals surface area contributed by atoms with Gasteiger partial charge in [-0.1, -0.05) is 6.07 Å². The molecule has 0 saturated carbocycles. The molecule has 0 bridgehead atoms. The summed E-state index contributed by atoms with van der Waals surface area (Å²) in [7, 11) is 3.96. The molecule has 1 aromatic rings. The summed E-state index contributed by atoms with van der Waals surface area (Å²) >= 11 is 3.29. The molecule has 0 radical (unpaired) electrons. The Bertz CT molecular complexity index is 438. The van der Waals surface area contributed by atoms with Crippen molar-refractivity contribution in [2.24, 2.45) is 0 Å². The van der Waals surface area contributed by atoms with E-state index in [2.05, 4.69) is 32.9 Å². The Morgan fingerprint density at radius 1 is 1.61 bits per heavy atom. The van der Waals surface area contributed by atoms with Gasteiger partial charge in [0.2, 0.25) is 0 Å². The van der Waals surface area contributed by atoms with Gasteiger partial charge >= 0.3 is 0 Å². The predicted molar refractivity (Wildman–Crippen MR) is 74.5 cm³/mol. The van der Waals surface area contributed by atoms with Crippen LogP contribution in [0.4, 0.5) is 0 Å². The average Bonchev–Trinajstić information content (AvgIpc) is 2.74. The monoisotopic (exact) mass is 311 g/mol. The first-order valence-electron chi connectivity index (χ1n) is 6.16. The van der Waals surface area contributed by atoms with Gasteiger partial charge < -0.3 is 9.80 Å². The minimum Gasteiger partial charge on any atom is -0.339 e. The zero-order chi connectivity index (χ0) is 13.1. The van der Waals surface area contributed by atoms with E-state index in [1.165, 1.54) is 12.8 Å². The minimum atomic E-state index is -0.0170. The summed E-state index contributed by atoms with van der Waals surface area (Å²) in [5.41, 5.74) is 0.493. The number of carbonyl (C=O) groups excluding carboxylic acids is 1. The largest absolute Gasteiger partial charge is 0.339 e. The average molecular weight is 312 g/mol. The number of carbonyl (C=O) groups is 1. The fraction of sp³-hybridized carbons (Fsp3) is 0.538. The van der Waals surface area contributed by atoms with Crippen LogP contribution < -0.4 is 0 Å². The van der Waals surface area contributed by atoms with Crippen molar-refractivity contribution in [3.05, 3.63) is 28.5 Å². The molecule has 1 aromatic heterocycles. The molecule has 0 N–H and O–H groups in total. The summed E-state index contributed by atoms with van der Waals surface area (Å²) < 4.78 is 0.694. The van der Waals surface area contributed by atoms with Gasteiger partial charge in [-0.2, -0.15) is 0 Å². The second-order valence-electron chi connectivity index (χ2n) is 4.81. The standard InChI is InChI=1S/C13H18BrN3O/c1-16-8-4-5-10(16)9-17(2)13(18)11-6-3-7-12(14)15-11/h3,6-7,10H,4-5,8-9H2,1-2H3. The van der Waals surface area contributed by atoms with Crippen LogP contribution in [0.5, 0.6) is 0 Å². The molecule has 4 nitrogen and oxygen atoms in total. The first kappa shape index (κ1) is 13.5. The van der Waals surface area contributed by atoms with Crippen LogP contribution in [0.2, 0.25) is 0 Å². The van der Waals surface area contributed by atoms with Crippen LogP contribution in [-0.2, 0) is 0 Å². The van der Waals surface area contributed by atoms with Crippen molar-refractivity contribution in [1.82, 2.24) is 14.8 Å². The van der Waals surface area contributed by atoms with Crippen LogP contribution >= 0.6 is 15.9 Å². The van der Waals surface area contributed by atoms with Gasteiger partial charge in [0.25, 0.3) is 5.91 Å². The van der Waals surface area contributed by atoms with E-state index in [9.17, 15) is 4.79 Å². The number of amides is 1. The fourth-order valence-electron chi connectivity index (χ4n) is 2.33. The second kappa shape index (κ2) is 5.80. The van der Waals surface area contributed by atoms with Crippen molar-refractivity contribution in [3.63, 3.8) is 0 Å². The van der Waals surface area contributed by atoms with Crippen LogP contribution in [-0.4, -0.2) is 53.9 Å². The maximum absolute atomic E-state index is 12.2. The van der Waals surface area contributed by atoms with Gasteiger partial charge in [0.15, 0.2) is 0 Å². The topological polar surface area (TPSA) is 36.4 Å². The lowest BCUT2D eigenvalue weighted by Gasteiger charge is -2.25. The molecule has 1 aliphatic rings. The van der Waals surface area contributed by atoms with Gasteiger partial charge in [0.05, 0.1) is 0 Å². The van der Waals surface area contributed by atoms with Crippen molar-refractivity contribution >= 4 is 21.8 Å². The summed E-state index contributed by atoms with van der Waals surface area (Å²) in [4.78, 5) is 20.5. The smallest absolute Gasteiger partial charge is 0.272 e. The normalized spacial score (nSPS) is 20.1. The molecule has 0 spiro atoms. The third kappa shape index (κ3) is 3.09. The highest BCUT2D eigenvalue weighted by molar-refractivity contribution is 9.10. The van der Waals surface area contributed by atoms with E-state index in [0.29, 0.717) is 16.3 Å². The first-order chi connectivity index (χ1) is 8.58. The zero-order valence-electron chi connectivity index (χ0n) is 10.8. The highest BCUT2D eigenvalue weighted by atomic mass is 79.9. The van der Waals surface area contributed by atoms with Crippen molar-refractivity contribution in [1.29, 1.82) is 0 Å². The van der Waals surface area contributed by atoms with Crippen LogP contribution in [0.15, 0.2) is 22.8 Å². The number of hydrogen-bond acceptors (Lipinski definition) is 3. The Morgan fingerprint density at radius 2 is 2.39 bits per heavy atom. The molecule has 1 aliphatic heterocycles. The quantitative estimate of drug-likeness (QED) is 0.801. The molecule has 0 aromatic carbocycles. The number of hydrogen-bond donors (Lipinski definition) is 0. The number of rotatable bonds is 3. The molecule has 1 saturated heterocycles. The molecule has 2 rings (SSSR count). The number of pyridine rings is 1. The number of likely N-dealkylation sites (N-methyl/N-ethyl adjacent to an activating group) is 2. The van der Waals surface area contributed by atoms with Gasteiger partial charge in [0.1, 0.15) is 10.3 Å². The highest BCUT2D eigenvalue weighted by Crippen LogP contribution is 2.16. The Labute approximate surface area is 116 Å². The first-order valence-corrected chi connectivity index (χ1v) is 6.95. The number of likely N-dealkylation sites (tertiary alicyclic amines) is 1. The zero-order valence-corrected chi connectivity index (χ0v) is 12.4. The predicted octanol–water partition coefficient (Wildman–Crippen LogP) is 2.01. The Kier molecular flexibility index (Phi) is 4.35. The lowest BCUT2D eigenvalue weighted by atomic mass is 10.2. The van der Waals surface area contributed by atoms with E-state index < -0.39 is 0 Å². The third-order valence-corrected chi connectivity index (χ3v) is 3.88. The molecule has 0 aliphatic carbocycles. The molecular formula is C13H18BrN3O. The molecule has 1 atom stereocenters. The van der Waals surface area contributed by atoms with Crippen LogP contribution in [0.25, 0.3) is 0 Å². The van der Waals surface area contributed by atoms with Crippen molar-refractivity contribution in [2.75, 3.05) is 27.2 Å². The Hall–Kier alpha value is -0.940. The van der Waals surface area contributed by atoms with Crippen LogP contribution in [0.1, 0.15) is 23.3 Å². The molecule has 1 fully saturated rings. The van der Waals surface area contributed by atoms with E-state index in [-0.39, 0.29) is 5.91 Å². The van der Waals surface area contributed by atoms with Gasteiger partial charge in [-0.3, -0.25) is 4.79 Å². The van der Waals surface area contributed by atoms with E-state index in [1.807, 2.05) is 19.2 Å². The van der Waals surface area contributed by atoms with Crippen molar-refractivity contribution < 1.29 is 4.79 Å². The number of aromatic nitrogens is 1. The van der Waals surface area contributed by atoms with Gasteiger partial charge in [-0.05, 0) is 54.5 Å². The molecule has 5 heteroatoms.